The number of fused-ring (bicyclic) bond motifs is 1. The molecule has 5 nitrogen and oxygen atoms in total. The van der Waals surface area contributed by atoms with Gasteiger partial charge in [0, 0.05) is 18.2 Å². The number of amides is 2. The average Bonchev–Trinajstić information content (AvgIpc) is 3.49. The van der Waals surface area contributed by atoms with E-state index in [9.17, 15) is 9.59 Å². The molecule has 1 N–H and O–H groups in total. The molecule has 1 aliphatic heterocycles. The Morgan fingerprint density at radius 2 is 1.96 bits per heavy atom. The number of nitrogens with zero attached hydrogens (tertiary/aromatic N) is 1. The van der Waals surface area contributed by atoms with Gasteiger partial charge in [-0.1, -0.05) is 30.3 Å². The first kappa shape index (κ1) is 16.6. The molecule has 1 fully saturated rings. The monoisotopic (exact) mass is 350 g/mol. The van der Waals surface area contributed by atoms with Gasteiger partial charge < -0.3 is 15.0 Å². The summed E-state index contributed by atoms with van der Waals surface area (Å²) in [6, 6.07) is 15.6. The lowest BCUT2D eigenvalue weighted by atomic mass is 10.1. The molecule has 26 heavy (non-hydrogen) atoms. The van der Waals surface area contributed by atoms with Gasteiger partial charge >= 0.3 is 0 Å². The number of carbonyl (C=O) groups excluding carboxylic acids is 2. The van der Waals surface area contributed by atoms with Crippen molar-refractivity contribution in [3.05, 3.63) is 54.1 Å². The zero-order valence-electron chi connectivity index (χ0n) is 14.8. The van der Waals surface area contributed by atoms with E-state index in [1.807, 2.05) is 36.4 Å². The summed E-state index contributed by atoms with van der Waals surface area (Å²) < 4.78 is 5.74. The van der Waals surface area contributed by atoms with Gasteiger partial charge in [-0.05, 0) is 49.9 Å². The predicted octanol–water partition coefficient (Wildman–Crippen LogP) is 3.39. The molecule has 2 aromatic rings. The van der Waals surface area contributed by atoms with Crippen molar-refractivity contribution in [3.8, 4) is 5.75 Å². The van der Waals surface area contributed by atoms with Crippen LogP contribution in [0.3, 0.4) is 0 Å². The molecule has 1 aliphatic carbocycles. The van der Waals surface area contributed by atoms with Gasteiger partial charge in [0.2, 0.25) is 5.91 Å². The maximum atomic E-state index is 12.7. The smallest absolute Gasteiger partial charge is 0.267 e. The Morgan fingerprint density at radius 3 is 2.69 bits per heavy atom. The van der Waals surface area contributed by atoms with Crippen molar-refractivity contribution in [1.82, 2.24) is 0 Å². The Hall–Kier alpha value is -2.82. The number of rotatable bonds is 5. The molecule has 1 heterocycles. The second-order valence-electron chi connectivity index (χ2n) is 6.93. The van der Waals surface area contributed by atoms with Crippen LogP contribution in [0.25, 0.3) is 0 Å². The third-order valence-electron chi connectivity index (χ3n) is 4.85. The van der Waals surface area contributed by atoms with Crippen molar-refractivity contribution in [2.45, 2.75) is 32.3 Å². The van der Waals surface area contributed by atoms with Gasteiger partial charge in [-0.3, -0.25) is 9.59 Å². The SMILES string of the molecule is CC1Oc2ccc(NC(=O)C3CC3)cc2N(CCc2ccccc2)C1=O. The molecular formula is C21H22N2O3. The summed E-state index contributed by atoms with van der Waals surface area (Å²) in [6.07, 6.45) is 2.17. The average molecular weight is 350 g/mol. The van der Waals surface area contributed by atoms with Crippen molar-refractivity contribution in [1.29, 1.82) is 0 Å². The minimum absolute atomic E-state index is 0.0530. The van der Waals surface area contributed by atoms with Gasteiger partial charge in [0.15, 0.2) is 6.10 Å². The van der Waals surface area contributed by atoms with Gasteiger partial charge in [0.05, 0.1) is 5.69 Å². The zero-order valence-corrected chi connectivity index (χ0v) is 14.8. The second-order valence-corrected chi connectivity index (χ2v) is 6.93. The molecule has 2 aromatic carbocycles. The van der Waals surface area contributed by atoms with Crippen LogP contribution in [0.15, 0.2) is 48.5 Å². The molecular weight excluding hydrogens is 328 g/mol. The van der Waals surface area contributed by atoms with Crippen LogP contribution in [-0.2, 0) is 16.0 Å². The fraction of sp³-hybridized carbons (Fsp3) is 0.333. The summed E-state index contributed by atoms with van der Waals surface area (Å²) in [4.78, 5) is 26.5. The Balaban J connectivity index is 1.57. The number of hydrogen-bond donors (Lipinski definition) is 1. The third kappa shape index (κ3) is 3.43. The lowest BCUT2D eigenvalue weighted by molar-refractivity contribution is -0.125. The maximum absolute atomic E-state index is 12.7. The van der Waals surface area contributed by atoms with Gasteiger partial charge in [0.1, 0.15) is 5.75 Å². The zero-order chi connectivity index (χ0) is 18.1. The fourth-order valence-electron chi connectivity index (χ4n) is 3.19. The molecule has 134 valence electrons. The first-order valence-corrected chi connectivity index (χ1v) is 9.08. The highest BCUT2D eigenvalue weighted by atomic mass is 16.5. The summed E-state index contributed by atoms with van der Waals surface area (Å²) in [6.45, 7) is 2.34. The normalized spacial score (nSPS) is 18.9. The molecule has 0 saturated heterocycles. The summed E-state index contributed by atoms with van der Waals surface area (Å²) in [5.74, 6) is 0.809. The molecule has 0 spiro atoms. The molecule has 1 saturated carbocycles. The number of anilines is 2. The van der Waals surface area contributed by atoms with Crippen LogP contribution < -0.4 is 15.0 Å². The molecule has 1 unspecified atom stereocenters. The van der Waals surface area contributed by atoms with E-state index >= 15 is 0 Å². The molecule has 2 aliphatic rings. The minimum Gasteiger partial charge on any atom is -0.479 e. The largest absolute Gasteiger partial charge is 0.479 e. The number of carbonyl (C=O) groups is 2. The molecule has 1 atom stereocenters. The molecule has 0 radical (unpaired) electrons. The van der Waals surface area contributed by atoms with E-state index in [1.54, 1.807) is 11.8 Å². The van der Waals surface area contributed by atoms with Crippen LogP contribution in [0.5, 0.6) is 5.75 Å². The quantitative estimate of drug-likeness (QED) is 0.899. The van der Waals surface area contributed by atoms with Crippen LogP contribution in [-0.4, -0.2) is 24.5 Å². The molecule has 5 heteroatoms. The van der Waals surface area contributed by atoms with E-state index in [-0.39, 0.29) is 17.7 Å². The molecule has 4 rings (SSSR count). The number of ether oxygens (including phenoxy) is 1. The second kappa shape index (κ2) is 6.83. The van der Waals surface area contributed by atoms with E-state index in [2.05, 4.69) is 17.4 Å². The number of nitrogens with one attached hydrogen (secondary N) is 1. The van der Waals surface area contributed by atoms with Crippen molar-refractivity contribution < 1.29 is 14.3 Å². The molecule has 0 bridgehead atoms. The summed E-state index contributed by atoms with van der Waals surface area (Å²) in [7, 11) is 0. The Morgan fingerprint density at radius 1 is 1.19 bits per heavy atom. The van der Waals surface area contributed by atoms with E-state index in [1.165, 1.54) is 5.56 Å². The topological polar surface area (TPSA) is 58.6 Å². The Kier molecular flexibility index (Phi) is 4.37. The summed E-state index contributed by atoms with van der Waals surface area (Å²) in [5, 5.41) is 2.94. The van der Waals surface area contributed by atoms with Gasteiger partial charge in [-0.2, -0.15) is 0 Å². The summed E-state index contributed by atoms with van der Waals surface area (Å²) >= 11 is 0. The van der Waals surface area contributed by atoms with Crippen molar-refractivity contribution in [2.24, 2.45) is 5.92 Å². The van der Waals surface area contributed by atoms with Crippen LogP contribution >= 0.6 is 0 Å². The number of hydrogen-bond acceptors (Lipinski definition) is 3. The van der Waals surface area contributed by atoms with Crippen LogP contribution in [0.2, 0.25) is 0 Å². The highest BCUT2D eigenvalue weighted by Gasteiger charge is 2.33. The van der Waals surface area contributed by atoms with E-state index in [0.717, 1.165) is 24.9 Å². The van der Waals surface area contributed by atoms with Crippen molar-refractivity contribution >= 4 is 23.2 Å². The first-order valence-electron chi connectivity index (χ1n) is 9.08. The van der Waals surface area contributed by atoms with Gasteiger partial charge in [-0.15, -0.1) is 0 Å². The predicted molar refractivity (Wildman–Crippen MR) is 100 cm³/mol. The van der Waals surface area contributed by atoms with E-state index in [0.29, 0.717) is 18.0 Å². The number of benzene rings is 2. The first-order chi connectivity index (χ1) is 12.6. The minimum atomic E-state index is -0.509. The fourth-order valence-corrected chi connectivity index (χ4v) is 3.19. The van der Waals surface area contributed by atoms with Crippen molar-refractivity contribution in [3.63, 3.8) is 0 Å². The lowest BCUT2D eigenvalue weighted by Gasteiger charge is -2.33. The maximum Gasteiger partial charge on any atom is 0.267 e. The third-order valence-corrected chi connectivity index (χ3v) is 4.85. The van der Waals surface area contributed by atoms with Gasteiger partial charge in [0.25, 0.3) is 5.91 Å². The lowest BCUT2D eigenvalue weighted by Crippen LogP contribution is -2.45. The molecule has 0 aromatic heterocycles. The van der Waals surface area contributed by atoms with Gasteiger partial charge in [-0.25, -0.2) is 0 Å². The molecule has 2 amide bonds. The summed E-state index contributed by atoms with van der Waals surface area (Å²) in [5.41, 5.74) is 2.60. The highest BCUT2D eigenvalue weighted by molar-refractivity contribution is 6.01. The Labute approximate surface area is 153 Å². The standard InChI is InChI=1S/C21H22N2O3/c1-14-21(25)23(12-11-15-5-3-2-4-6-15)18-13-17(9-10-19(18)26-14)22-20(24)16-7-8-16/h2-6,9-10,13-14,16H,7-8,11-12H2,1H3,(H,22,24). The highest BCUT2D eigenvalue weighted by Crippen LogP contribution is 2.37. The van der Waals surface area contributed by atoms with E-state index < -0.39 is 6.10 Å². The van der Waals surface area contributed by atoms with Crippen LogP contribution in [0, 0.1) is 5.92 Å². The Bertz CT molecular complexity index is 830. The van der Waals surface area contributed by atoms with Crippen LogP contribution in [0.4, 0.5) is 11.4 Å². The van der Waals surface area contributed by atoms with Crippen molar-refractivity contribution in [2.75, 3.05) is 16.8 Å². The van der Waals surface area contributed by atoms with Crippen LogP contribution in [0.1, 0.15) is 25.3 Å². The van der Waals surface area contributed by atoms with E-state index in [4.69, 9.17) is 4.74 Å².